The van der Waals surface area contributed by atoms with Gasteiger partial charge in [-0.1, -0.05) is 24.3 Å². The molecule has 1 atom stereocenters. The van der Waals surface area contributed by atoms with Gasteiger partial charge in [-0.25, -0.2) is 0 Å². The van der Waals surface area contributed by atoms with E-state index in [0.29, 0.717) is 6.42 Å². The molecule has 57 valence electrons. The van der Waals surface area contributed by atoms with E-state index in [9.17, 15) is 10.2 Å². The summed E-state index contributed by atoms with van der Waals surface area (Å²) in [7, 11) is 0. The molecule has 1 aromatic carbocycles. The molecule has 11 heavy (non-hydrogen) atoms. The zero-order valence-corrected chi connectivity index (χ0v) is 5.99. The van der Waals surface area contributed by atoms with E-state index in [1.165, 1.54) is 0 Å². The van der Waals surface area contributed by atoms with Crippen molar-refractivity contribution in [3.8, 4) is 0 Å². The first kappa shape index (κ1) is 6.83. The Morgan fingerprint density at radius 1 is 1.27 bits per heavy atom. The van der Waals surface area contributed by atoms with Crippen molar-refractivity contribution in [2.24, 2.45) is 0 Å². The molecule has 0 saturated carbocycles. The third kappa shape index (κ3) is 0.951. The molecule has 0 amide bonds. The predicted octanol–water partition coefficient (Wildman–Crippen LogP) is 0.856. The molecule has 2 heteroatoms. The average Bonchev–Trinajstić information content (AvgIpc) is 2.30. The maximum Gasteiger partial charge on any atom is 0.151 e. The molecule has 1 unspecified atom stereocenters. The molecule has 2 N–H and O–H groups in total. The number of benzene rings is 1. The third-order valence-corrected chi connectivity index (χ3v) is 2.02. The van der Waals surface area contributed by atoms with Crippen molar-refractivity contribution in [1.29, 1.82) is 0 Å². The Kier molecular flexibility index (Phi) is 1.44. The minimum Gasteiger partial charge on any atom is -0.389 e. The quantitative estimate of drug-likeness (QED) is 0.574. The maximum atomic E-state index is 9.32. The Bertz CT molecular complexity index is 270. The highest BCUT2D eigenvalue weighted by Gasteiger charge is 2.29. The van der Waals surface area contributed by atoms with Crippen LogP contribution in [0.25, 0.3) is 0 Å². The molecular formula is C9H9O2. The second-order valence-corrected chi connectivity index (χ2v) is 2.76. The molecule has 0 aliphatic heterocycles. The van der Waals surface area contributed by atoms with E-state index in [2.05, 4.69) is 0 Å². The summed E-state index contributed by atoms with van der Waals surface area (Å²) in [6.07, 6.45) is -0.0323. The van der Waals surface area contributed by atoms with Crippen LogP contribution in [-0.4, -0.2) is 16.3 Å². The number of aliphatic hydroxyl groups excluding tert-OH is 2. The van der Waals surface area contributed by atoms with Crippen LogP contribution in [0.2, 0.25) is 0 Å². The molecule has 0 heterocycles. The Hall–Kier alpha value is -0.860. The van der Waals surface area contributed by atoms with Gasteiger partial charge < -0.3 is 10.2 Å². The Labute approximate surface area is 65.1 Å². The first-order valence-corrected chi connectivity index (χ1v) is 3.61. The van der Waals surface area contributed by atoms with E-state index >= 15 is 0 Å². The Balaban J connectivity index is 2.47. The monoisotopic (exact) mass is 149 g/mol. The van der Waals surface area contributed by atoms with Crippen LogP contribution < -0.4 is 0 Å². The number of hydrogen-bond acceptors (Lipinski definition) is 2. The van der Waals surface area contributed by atoms with Crippen molar-refractivity contribution < 1.29 is 10.2 Å². The lowest BCUT2D eigenvalue weighted by molar-refractivity contribution is 0.126. The van der Waals surface area contributed by atoms with E-state index in [1.54, 1.807) is 0 Å². The fourth-order valence-electron chi connectivity index (χ4n) is 1.43. The Morgan fingerprint density at radius 2 is 2.00 bits per heavy atom. The van der Waals surface area contributed by atoms with Crippen LogP contribution in [0.1, 0.15) is 11.1 Å². The average molecular weight is 149 g/mol. The number of aliphatic hydroxyl groups is 2. The highest BCUT2D eigenvalue weighted by Crippen LogP contribution is 2.29. The molecule has 1 aliphatic rings. The summed E-state index contributed by atoms with van der Waals surface area (Å²) < 4.78 is 0. The van der Waals surface area contributed by atoms with Crippen molar-refractivity contribution in [2.45, 2.75) is 12.5 Å². The van der Waals surface area contributed by atoms with Crippen LogP contribution in [-0.2, 0) is 6.42 Å². The van der Waals surface area contributed by atoms with Crippen molar-refractivity contribution in [3.05, 3.63) is 41.5 Å². The highest BCUT2D eigenvalue weighted by molar-refractivity contribution is 5.42. The van der Waals surface area contributed by atoms with Gasteiger partial charge in [-0.05, 0) is 11.1 Å². The van der Waals surface area contributed by atoms with Gasteiger partial charge >= 0.3 is 0 Å². The van der Waals surface area contributed by atoms with Gasteiger partial charge in [0.25, 0.3) is 0 Å². The van der Waals surface area contributed by atoms with Crippen LogP contribution in [0.15, 0.2) is 24.3 Å². The van der Waals surface area contributed by atoms with Crippen molar-refractivity contribution in [3.63, 3.8) is 0 Å². The SMILES string of the molecule is O[C]1c2ccccc2CC1O. The van der Waals surface area contributed by atoms with Crippen LogP contribution in [0, 0.1) is 6.10 Å². The number of hydrogen-bond donors (Lipinski definition) is 2. The molecule has 0 spiro atoms. The summed E-state index contributed by atoms with van der Waals surface area (Å²) in [5, 5.41) is 18.5. The third-order valence-electron chi connectivity index (χ3n) is 2.02. The first-order valence-electron chi connectivity index (χ1n) is 3.61. The van der Waals surface area contributed by atoms with Crippen molar-refractivity contribution >= 4 is 0 Å². The minimum atomic E-state index is -0.688. The minimum absolute atomic E-state index is 0.112. The van der Waals surface area contributed by atoms with Gasteiger partial charge in [0.2, 0.25) is 0 Å². The zero-order valence-electron chi connectivity index (χ0n) is 5.99. The van der Waals surface area contributed by atoms with E-state index < -0.39 is 6.10 Å². The van der Waals surface area contributed by atoms with E-state index in [4.69, 9.17) is 0 Å². The van der Waals surface area contributed by atoms with Crippen LogP contribution in [0.4, 0.5) is 0 Å². The molecule has 0 bridgehead atoms. The fourth-order valence-corrected chi connectivity index (χ4v) is 1.43. The van der Waals surface area contributed by atoms with E-state index in [1.807, 2.05) is 24.3 Å². The first-order chi connectivity index (χ1) is 5.29. The van der Waals surface area contributed by atoms with Crippen LogP contribution in [0.3, 0.4) is 0 Å². The molecule has 1 aliphatic carbocycles. The topological polar surface area (TPSA) is 40.5 Å². The summed E-state index contributed by atoms with van der Waals surface area (Å²) >= 11 is 0. The van der Waals surface area contributed by atoms with Gasteiger partial charge in [-0.3, -0.25) is 0 Å². The molecule has 1 aromatic rings. The van der Waals surface area contributed by atoms with Gasteiger partial charge in [-0.15, -0.1) is 0 Å². The van der Waals surface area contributed by atoms with Gasteiger partial charge in [0, 0.05) is 6.42 Å². The lowest BCUT2D eigenvalue weighted by Gasteiger charge is -2.04. The summed E-state index contributed by atoms with van der Waals surface area (Å²) in [6, 6.07) is 7.50. The molecule has 0 aromatic heterocycles. The van der Waals surface area contributed by atoms with Gasteiger partial charge in [-0.2, -0.15) is 0 Å². The number of rotatable bonds is 0. The molecule has 2 nitrogen and oxygen atoms in total. The molecule has 0 saturated heterocycles. The number of fused-ring (bicyclic) bond motifs is 1. The Morgan fingerprint density at radius 3 is 2.73 bits per heavy atom. The molecule has 2 rings (SSSR count). The lowest BCUT2D eigenvalue weighted by atomic mass is 10.1. The lowest BCUT2D eigenvalue weighted by Crippen LogP contribution is -2.12. The molecule has 1 radical (unpaired) electrons. The summed E-state index contributed by atoms with van der Waals surface area (Å²) in [4.78, 5) is 0. The highest BCUT2D eigenvalue weighted by atomic mass is 16.3. The van der Waals surface area contributed by atoms with Gasteiger partial charge in [0.1, 0.15) is 0 Å². The summed E-state index contributed by atoms with van der Waals surface area (Å²) in [6.45, 7) is 0. The smallest absolute Gasteiger partial charge is 0.151 e. The molecular weight excluding hydrogens is 140 g/mol. The predicted molar refractivity (Wildman–Crippen MR) is 40.4 cm³/mol. The van der Waals surface area contributed by atoms with Crippen molar-refractivity contribution in [2.75, 3.05) is 0 Å². The standard InChI is InChI=1S/C9H9O2/c10-8-5-6-3-1-2-4-7(6)9(8)11/h1-4,8,10-11H,5H2. The van der Waals surface area contributed by atoms with Crippen LogP contribution >= 0.6 is 0 Å². The summed E-state index contributed by atoms with van der Waals surface area (Å²) in [5.74, 6) is 0. The largest absolute Gasteiger partial charge is 0.389 e. The summed E-state index contributed by atoms with van der Waals surface area (Å²) in [5.41, 5.74) is 1.82. The van der Waals surface area contributed by atoms with E-state index in [0.717, 1.165) is 11.1 Å². The second-order valence-electron chi connectivity index (χ2n) is 2.76. The second kappa shape index (κ2) is 2.32. The zero-order chi connectivity index (χ0) is 7.84. The van der Waals surface area contributed by atoms with Crippen LogP contribution in [0.5, 0.6) is 0 Å². The van der Waals surface area contributed by atoms with Crippen molar-refractivity contribution in [1.82, 2.24) is 0 Å². The van der Waals surface area contributed by atoms with E-state index in [-0.39, 0.29) is 6.10 Å². The molecule has 0 fully saturated rings. The normalized spacial score (nSPS) is 23.6. The fraction of sp³-hybridized carbons (Fsp3) is 0.222. The van der Waals surface area contributed by atoms with Gasteiger partial charge in [0.05, 0.1) is 6.10 Å². The maximum absolute atomic E-state index is 9.32. The van der Waals surface area contributed by atoms with Gasteiger partial charge in [0.15, 0.2) is 6.10 Å².